The number of halogens is 2. The van der Waals surface area contributed by atoms with Crippen molar-refractivity contribution in [2.24, 2.45) is 5.92 Å². The van der Waals surface area contributed by atoms with Crippen LogP contribution in [0.4, 0.5) is 14.5 Å². The molecule has 0 bridgehead atoms. The van der Waals surface area contributed by atoms with E-state index in [1.165, 1.54) is 34.2 Å². The smallest absolute Gasteiger partial charge is 0.279 e. The van der Waals surface area contributed by atoms with Crippen molar-refractivity contribution < 1.29 is 18.5 Å². The molecule has 1 unspecified atom stereocenters. The molecule has 1 amide bonds. The number of thiophene rings is 1. The first-order valence-electron chi connectivity index (χ1n) is 8.27. The van der Waals surface area contributed by atoms with Crippen molar-refractivity contribution in [2.45, 2.75) is 25.3 Å². The van der Waals surface area contributed by atoms with E-state index >= 15 is 0 Å². The third-order valence-corrected chi connectivity index (χ3v) is 5.91. The van der Waals surface area contributed by atoms with Crippen molar-refractivity contribution in [2.75, 3.05) is 18.4 Å². The van der Waals surface area contributed by atoms with Crippen molar-refractivity contribution in [3.05, 3.63) is 51.7 Å². The lowest BCUT2D eigenvalue weighted by Gasteiger charge is -2.32. The minimum atomic E-state index is -0.947. The zero-order valence-electron chi connectivity index (χ0n) is 13.1. The summed E-state index contributed by atoms with van der Waals surface area (Å²) in [7, 11) is 0. The second-order valence-electron chi connectivity index (χ2n) is 6.63. The highest BCUT2D eigenvalue weighted by Crippen LogP contribution is 2.42. The van der Waals surface area contributed by atoms with Gasteiger partial charge in [-0.15, -0.1) is 11.3 Å². The molecule has 2 aromatic rings. The summed E-state index contributed by atoms with van der Waals surface area (Å²) >= 11 is 1.81. The Kier molecular flexibility index (Phi) is 4.10. The molecule has 126 valence electrons. The van der Waals surface area contributed by atoms with Crippen LogP contribution in [-0.2, 0) is 11.2 Å². The maximum absolute atomic E-state index is 13.3. The zero-order chi connectivity index (χ0) is 16.7. The lowest BCUT2D eigenvalue weighted by molar-refractivity contribution is -0.928. The highest BCUT2D eigenvalue weighted by Gasteiger charge is 2.43. The number of fused-ring (bicyclic) bond motifs is 1. The van der Waals surface area contributed by atoms with Crippen molar-refractivity contribution in [3.8, 4) is 0 Å². The Labute approximate surface area is 143 Å². The topological polar surface area (TPSA) is 33.5 Å². The largest absolute Gasteiger partial charge is 0.321 e. The Morgan fingerprint density at radius 3 is 2.83 bits per heavy atom. The fraction of sp³-hybridized carbons (Fsp3) is 0.389. The maximum Gasteiger partial charge on any atom is 0.279 e. The van der Waals surface area contributed by atoms with Crippen LogP contribution >= 0.6 is 11.3 Å². The molecule has 1 aromatic heterocycles. The van der Waals surface area contributed by atoms with Crippen molar-refractivity contribution in [1.82, 2.24) is 0 Å². The van der Waals surface area contributed by atoms with E-state index in [9.17, 15) is 13.6 Å². The standard InChI is InChI=1S/C18H18F2N2OS/c19-14-4-3-12(9-15(14)20)21-17(23)10-22-7-5-16-13(6-8-24-16)18(22)11-1-2-11/h3-4,6,8-9,11,18H,1-2,5,7,10H2,(H,21,23)/p+1/t18-/m0/s1. The summed E-state index contributed by atoms with van der Waals surface area (Å²) in [6.07, 6.45) is 3.46. The van der Waals surface area contributed by atoms with Gasteiger partial charge in [0.25, 0.3) is 5.91 Å². The first-order valence-corrected chi connectivity index (χ1v) is 9.15. The Hall–Kier alpha value is -1.79. The highest BCUT2D eigenvalue weighted by atomic mass is 32.1. The fourth-order valence-corrected chi connectivity index (χ4v) is 4.61. The number of hydrogen-bond donors (Lipinski definition) is 2. The predicted molar refractivity (Wildman–Crippen MR) is 89.2 cm³/mol. The summed E-state index contributed by atoms with van der Waals surface area (Å²) in [5.41, 5.74) is 1.71. The summed E-state index contributed by atoms with van der Waals surface area (Å²) < 4.78 is 26.2. The molecule has 1 saturated carbocycles. The Morgan fingerprint density at radius 2 is 2.08 bits per heavy atom. The predicted octanol–water partition coefficient (Wildman–Crippen LogP) is 2.56. The summed E-state index contributed by atoms with van der Waals surface area (Å²) in [4.78, 5) is 15.1. The first-order chi connectivity index (χ1) is 11.6. The van der Waals surface area contributed by atoms with Gasteiger partial charge in [0.05, 0.1) is 6.54 Å². The lowest BCUT2D eigenvalue weighted by atomic mass is 9.96. The van der Waals surface area contributed by atoms with Crippen LogP contribution in [0.25, 0.3) is 0 Å². The minimum Gasteiger partial charge on any atom is -0.321 e. The average molecular weight is 349 g/mol. The van der Waals surface area contributed by atoms with Crippen molar-refractivity contribution in [3.63, 3.8) is 0 Å². The summed E-state index contributed by atoms with van der Waals surface area (Å²) in [6, 6.07) is 6.04. The number of benzene rings is 1. The number of rotatable bonds is 4. The SMILES string of the molecule is O=C(C[NH+]1CCc2sccc2[C@@H]1C1CC1)Nc1ccc(F)c(F)c1. The number of carbonyl (C=O) groups is 1. The van der Waals surface area contributed by atoms with Crippen molar-refractivity contribution >= 4 is 22.9 Å². The number of nitrogens with one attached hydrogen (secondary N) is 2. The third kappa shape index (κ3) is 3.08. The van der Waals surface area contributed by atoms with Gasteiger partial charge in [0.2, 0.25) is 0 Å². The van der Waals surface area contributed by atoms with E-state index in [0.717, 1.165) is 25.1 Å². The van der Waals surface area contributed by atoms with Crippen LogP contribution in [0.2, 0.25) is 0 Å². The molecule has 2 atom stereocenters. The van der Waals surface area contributed by atoms with E-state index in [1.54, 1.807) is 0 Å². The van der Waals surface area contributed by atoms with E-state index in [2.05, 4.69) is 16.8 Å². The van der Waals surface area contributed by atoms with Gasteiger partial charge in [-0.3, -0.25) is 4.79 Å². The number of amides is 1. The van der Waals surface area contributed by atoms with Crippen LogP contribution in [0.15, 0.2) is 29.6 Å². The van der Waals surface area contributed by atoms with E-state index in [0.29, 0.717) is 24.2 Å². The summed E-state index contributed by atoms with van der Waals surface area (Å²) in [5.74, 6) is -1.34. The van der Waals surface area contributed by atoms with Gasteiger partial charge >= 0.3 is 0 Å². The molecule has 1 aliphatic heterocycles. The van der Waals surface area contributed by atoms with Gasteiger partial charge in [0.15, 0.2) is 18.2 Å². The number of quaternary nitrogens is 1. The number of hydrogen-bond acceptors (Lipinski definition) is 2. The Bertz CT molecular complexity index is 772. The molecule has 1 aromatic carbocycles. The molecule has 2 heterocycles. The van der Waals surface area contributed by atoms with Gasteiger partial charge in [0, 0.05) is 34.5 Å². The van der Waals surface area contributed by atoms with E-state index in [-0.39, 0.29) is 5.91 Å². The molecular formula is C18H19F2N2OS+. The molecule has 4 rings (SSSR count). The quantitative estimate of drug-likeness (QED) is 0.874. The molecule has 1 aliphatic carbocycles. The van der Waals surface area contributed by atoms with Crippen LogP contribution in [0, 0.1) is 17.6 Å². The zero-order valence-corrected chi connectivity index (χ0v) is 14.0. The molecule has 6 heteroatoms. The molecule has 0 saturated heterocycles. The molecule has 2 N–H and O–H groups in total. The first kappa shape index (κ1) is 15.7. The molecular weight excluding hydrogens is 330 g/mol. The van der Waals surface area contributed by atoms with E-state index < -0.39 is 11.6 Å². The molecule has 0 radical (unpaired) electrons. The monoisotopic (exact) mass is 349 g/mol. The summed E-state index contributed by atoms with van der Waals surface area (Å²) in [6.45, 7) is 1.30. The van der Waals surface area contributed by atoms with Gasteiger partial charge in [-0.25, -0.2) is 8.78 Å². The highest BCUT2D eigenvalue weighted by molar-refractivity contribution is 7.10. The molecule has 1 fully saturated rings. The van der Waals surface area contributed by atoms with Gasteiger partial charge in [-0.05, 0) is 36.4 Å². The molecule has 3 nitrogen and oxygen atoms in total. The Balaban J connectivity index is 1.46. The lowest BCUT2D eigenvalue weighted by Crippen LogP contribution is -3.14. The normalized spacial score (nSPS) is 22.9. The summed E-state index contributed by atoms with van der Waals surface area (Å²) in [5, 5.41) is 4.83. The average Bonchev–Trinajstić information content (AvgIpc) is 3.27. The number of carbonyl (C=O) groups excluding carboxylic acids is 1. The van der Waals surface area contributed by atoms with Crippen molar-refractivity contribution in [1.29, 1.82) is 0 Å². The van der Waals surface area contributed by atoms with Crippen LogP contribution in [0.1, 0.15) is 29.3 Å². The van der Waals surface area contributed by atoms with Gasteiger partial charge in [-0.2, -0.15) is 0 Å². The number of anilines is 1. The molecule has 0 spiro atoms. The van der Waals surface area contributed by atoms with Crippen LogP contribution in [-0.4, -0.2) is 19.0 Å². The second kappa shape index (κ2) is 6.26. The molecule has 24 heavy (non-hydrogen) atoms. The van der Waals surface area contributed by atoms with Gasteiger partial charge < -0.3 is 10.2 Å². The fourth-order valence-electron chi connectivity index (χ4n) is 3.68. The van der Waals surface area contributed by atoms with E-state index in [4.69, 9.17) is 0 Å². The third-order valence-electron chi connectivity index (χ3n) is 4.91. The minimum absolute atomic E-state index is 0.152. The van der Waals surface area contributed by atoms with E-state index in [1.807, 2.05) is 11.3 Å². The maximum atomic E-state index is 13.3. The van der Waals surface area contributed by atoms with Gasteiger partial charge in [-0.1, -0.05) is 0 Å². The van der Waals surface area contributed by atoms with Crippen LogP contribution in [0.3, 0.4) is 0 Å². The van der Waals surface area contributed by atoms with Crippen LogP contribution < -0.4 is 10.2 Å². The molecule has 2 aliphatic rings. The van der Waals surface area contributed by atoms with Crippen LogP contribution in [0.5, 0.6) is 0 Å². The Morgan fingerprint density at radius 1 is 1.25 bits per heavy atom. The van der Waals surface area contributed by atoms with Gasteiger partial charge in [0.1, 0.15) is 6.04 Å². The second-order valence-corrected chi connectivity index (χ2v) is 7.63.